The Hall–Kier alpha value is -1.86. The van der Waals surface area contributed by atoms with E-state index in [2.05, 4.69) is 4.98 Å². The van der Waals surface area contributed by atoms with Crippen molar-refractivity contribution in [3.8, 4) is 5.75 Å². The van der Waals surface area contributed by atoms with Crippen LogP contribution in [0.25, 0.3) is 10.2 Å². The van der Waals surface area contributed by atoms with Crippen molar-refractivity contribution in [1.82, 2.24) is 4.98 Å². The van der Waals surface area contributed by atoms with Crippen molar-refractivity contribution in [1.29, 1.82) is 0 Å². The molecule has 30 heavy (non-hydrogen) atoms. The van der Waals surface area contributed by atoms with Crippen LogP contribution in [-0.4, -0.2) is 35.7 Å². The summed E-state index contributed by atoms with van der Waals surface area (Å²) in [6.07, 6.45) is 1.89. The average molecular weight is 465 g/mol. The van der Waals surface area contributed by atoms with Crippen LogP contribution in [-0.2, 0) is 9.53 Å². The molecule has 2 heterocycles. The van der Waals surface area contributed by atoms with E-state index in [1.165, 1.54) is 11.3 Å². The summed E-state index contributed by atoms with van der Waals surface area (Å²) in [5.41, 5.74) is -0.303. The van der Waals surface area contributed by atoms with Crippen molar-refractivity contribution in [3.05, 3.63) is 52.5 Å². The maximum absolute atomic E-state index is 13.6. The number of thiazole rings is 1. The van der Waals surface area contributed by atoms with Crippen molar-refractivity contribution < 1.29 is 14.3 Å². The lowest BCUT2D eigenvalue weighted by Crippen LogP contribution is -2.51. The first kappa shape index (κ1) is 21.4. The normalized spacial score (nSPS) is 16.7. The third-order valence-electron chi connectivity index (χ3n) is 4.93. The number of rotatable bonds is 6. The Morgan fingerprint density at radius 2 is 1.97 bits per heavy atom. The number of nitrogens with zero attached hydrogens (tertiary/aromatic N) is 2. The van der Waals surface area contributed by atoms with Gasteiger partial charge in [0, 0.05) is 16.7 Å². The summed E-state index contributed by atoms with van der Waals surface area (Å²) in [4.78, 5) is 20.0. The van der Waals surface area contributed by atoms with Gasteiger partial charge in [0.2, 0.25) is 0 Å². The van der Waals surface area contributed by atoms with Gasteiger partial charge in [0.25, 0.3) is 5.91 Å². The predicted octanol–water partition coefficient (Wildman–Crippen LogP) is 5.97. The third kappa shape index (κ3) is 4.72. The van der Waals surface area contributed by atoms with Crippen LogP contribution in [0, 0.1) is 0 Å². The molecule has 1 saturated heterocycles. The summed E-state index contributed by atoms with van der Waals surface area (Å²) < 4.78 is 12.8. The van der Waals surface area contributed by atoms with Gasteiger partial charge in [0.1, 0.15) is 5.75 Å². The molecule has 1 fully saturated rings. The fourth-order valence-corrected chi connectivity index (χ4v) is 4.78. The van der Waals surface area contributed by atoms with Crippen molar-refractivity contribution >= 4 is 55.8 Å². The number of hydrogen-bond acceptors (Lipinski definition) is 5. The highest BCUT2D eigenvalue weighted by molar-refractivity contribution is 7.22. The molecule has 2 aromatic carbocycles. The molecule has 1 aromatic heterocycles. The van der Waals surface area contributed by atoms with Gasteiger partial charge < -0.3 is 9.47 Å². The molecule has 1 unspecified atom stereocenters. The van der Waals surface area contributed by atoms with Gasteiger partial charge in [-0.3, -0.25) is 9.69 Å². The van der Waals surface area contributed by atoms with Crippen LogP contribution in [0.1, 0.15) is 26.7 Å². The van der Waals surface area contributed by atoms with E-state index in [0.29, 0.717) is 34.1 Å². The highest BCUT2D eigenvalue weighted by Gasteiger charge is 2.38. The van der Waals surface area contributed by atoms with Crippen LogP contribution in [0.4, 0.5) is 5.13 Å². The van der Waals surface area contributed by atoms with Crippen molar-refractivity contribution in [2.24, 2.45) is 0 Å². The monoisotopic (exact) mass is 464 g/mol. The van der Waals surface area contributed by atoms with E-state index < -0.39 is 5.60 Å². The Morgan fingerprint density at radius 1 is 1.23 bits per heavy atom. The van der Waals surface area contributed by atoms with Crippen LogP contribution in [0.3, 0.4) is 0 Å². The SMILES string of the molecule is CC(C)(Oc1ccc(Cl)cc1)C(=O)N(CC1CCCO1)c1nc2ccc(Cl)cc2s1. The molecule has 3 aromatic rings. The number of anilines is 1. The van der Waals surface area contributed by atoms with Gasteiger partial charge in [-0.2, -0.15) is 0 Å². The first-order chi connectivity index (χ1) is 14.3. The van der Waals surface area contributed by atoms with E-state index in [-0.39, 0.29) is 12.0 Å². The Kier molecular flexibility index (Phi) is 6.21. The van der Waals surface area contributed by atoms with Crippen LogP contribution < -0.4 is 9.64 Å². The topological polar surface area (TPSA) is 51.7 Å². The minimum Gasteiger partial charge on any atom is -0.478 e. The van der Waals surface area contributed by atoms with Gasteiger partial charge in [0.05, 0.1) is 22.9 Å². The second kappa shape index (κ2) is 8.71. The molecule has 0 radical (unpaired) electrons. The summed E-state index contributed by atoms with van der Waals surface area (Å²) in [5.74, 6) is 0.393. The van der Waals surface area contributed by atoms with Crippen LogP contribution >= 0.6 is 34.5 Å². The number of carbonyl (C=O) groups is 1. The summed E-state index contributed by atoms with van der Waals surface area (Å²) in [7, 11) is 0. The fraction of sp³-hybridized carbons (Fsp3) is 0.364. The minimum absolute atomic E-state index is 0.0177. The number of benzene rings is 2. The zero-order valence-corrected chi connectivity index (χ0v) is 19.1. The van der Waals surface area contributed by atoms with E-state index in [4.69, 9.17) is 32.7 Å². The summed E-state index contributed by atoms with van der Waals surface area (Å²) in [5, 5.41) is 1.86. The molecular weight excluding hydrogens is 443 g/mol. The molecule has 0 saturated carbocycles. The van der Waals surface area contributed by atoms with Gasteiger partial charge in [-0.1, -0.05) is 34.5 Å². The van der Waals surface area contributed by atoms with Gasteiger partial charge >= 0.3 is 0 Å². The molecule has 5 nitrogen and oxygen atoms in total. The number of fused-ring (bicyclic) bond motifs is 1. The van der Waals surface area contributed by atoms with Crippen molar-refractivity contribution in [2.75, 3.05) is 18.1 Å². The zero-order valence-electron chi connectivity index (χ0n) is 16.7. The number of halogens is 2. The first-order valence-corrected chi connectivity index (χ1v) is 11.3. The molecule has 0 spiro atoms. The second-order valence-corrected chi connectivity index (χ2v) is 9.61. The summed E-state index contributed by atoms with van der Waals surface area (Å²) in [6, 6.07) is 12.5. The van der Waals surface area contributed by atoms with Crippen LogP contribution in [0.2, 0.25) is 10.0 Å². The van der Waals surface area contributed by atoms with Crippen LogP contribution in [0.5, 0.6) is 5.75 Å². The smallest absolute Gasteiger partial charge is 0.272 e. The van der Waals surface area contributed by atoms with Gasteiger partial charge in [-0.25, -0.2) is 4.98 Å². The molecule has 0 N–H and O–H groups in total. The highest BCUT2D eigenvalue weighted by Crippen LogP contribution is 2.33. The van der Waals surface area contributed by atoms with Gasteiger partial charge in [0.15, 0.2) is 10.7 Å². The Labute approximate surface area is 189 Å². The molecular formula is C22H22Cl2N2O3S. The number of ether oxygens (including phenoxy) is 2. The summed E-state index contributed by atoms with van der Waals surface area (Å²) >= 11 is 13.5. The fourth-order valence-electron chi connectivity index (χ4n) is 3.41. The molecule has 0 aliphatic carbocycles. The van der Waals surface area contributed by atoms with Gasteiger partial charge in [-0.15, -0.1) is 0 Å². The lowest BCUT2D eigenvalue weighted by molar-refractivity contribution is -0.131. The van der Waals surface area contributed by atoms with E-state index in [1.54, 1.807) is 49.1 Å². The predicted molar refractivity (Wildman–Crippen MR) is 122 cm³/mol. The Balaban J connectivity index is 1.64. The van der Waals surface area contributed by atoms with Crippen LogP contribution in [0.15, 0.2) is 42.5 Å². The lowest BCUT2D eigenvalue weighted by atomic mass is 10.1. The highest BCUT2D eigenvalue weighted by atomic mass is 35.5. The zero-order chi connectivity index (χ0) is 21.3. The molecule has 8 heteroatoms. The van der Waals surface area contributed by atoms with Gasteiger partial charge in [-0.05, 0) is 69.2 Å². The molecule has 158 valence electrons. The second-order valence-electron chi connectivity index (χ2n) is 7.73. The van der Waals surface area contributed by atoms with E-state index >= 15 is 0 Å². The van der Waals surface area contributed by atoms with E-state index in [1.807, 2.05) is 12.1 Å². The largest absolute Gasteiger partial charge is 0.478 e. The Bertz CT molecular complexity index is 1050. The summed E-state index contributed by atoms with van der Waals surface area (Å²) in [6.45, 7) is 4.67. The number of hydrogen-bond donors (Lipinski definition) is 0. The average Bonchev–Trinajstić information content (AvgIpc) is 3.36. The number of amides is 1. The van der Waals surface area contributed by atoms with Crippen molar-refractivity contribution in [2.45, 2.75) is 38.4 Å². The first-order valence-electron chi connectivity index (χ1n) is 9.76. The number of aromatic nitrogens is 1. The molecule has 1 amide bonds. The third-order valence-corrected chi connectivity index (χ3v) is 6.46. The standard InChI is InChI=1S/C22H22Cl2N2O3S/c1-22(2,29-16-8-5-14(23)6-9-16)20(27)26(13-17-4-3-11-28-17)21-25-18-10-7-15(24)12-19(18)30-21/h5-10,12,17H,3-4,11,13H2,1-2H3. The minimum atomic E-state index is -1.11. The molecule has 4 rings (SSSR count). The van der Waals surface area contributed by atoms with E-state index in [9.17, 15) is 4.79 Å². The number of carbonyl (C=O) groups excluding carboxylic acids is 1. The Morgan fingerprint density at radius 3 is 2.67 bits per heavy atom. The van der Waals surface area contributed by atoms with E-state index in [0.717, 1.165) is 23.1 Å². The molecule has 1 aliphatic heterocycles. The quantitative estimate of drug-likeness (QED) is 0.450. The van der Waals surface area contributed by atoms with Crippen molar-refractivity contribution in [3.63, 3.8) is 0 Å². The molecule has 1 aliphatic rings. The maximum atomic E-state index is 13.6. The maximum Gasteiger partial charge on any atom is 0.272 e. The molecule has 1 atom stereocenters. The molecule has 0 bridgehead atoms. The lowest BCUT2D eigenvalue weighted by Gasteiger charge is -2.32.